The van der Waals surface area contributed by atoms with Gasteiger partial charge in [-0.15, -0.1) is 0 Å². The molecule has 0 aliphatic heterocycles. The third-order valence-electron chi connectivity index (χ3n) is 3.87. The smallest absolute Gasteiger partial charge is 0.230 e. The molecule has 1 atom stereocenters. The van der Waals surface area contributed by atoms with Gasteiger partial charge in [-0.2, -0.15) is 0 Å². The maximum absolute atomic E-state index is 12.0. The molecule has 2 heterocycles. The molecule has 0 saturated heterocycles. The van der Waals surface area contributed by atoms with Gasteiger partial charge in [0.05, 0.1) is 11.3 Å². The molecule has 124 valence electrons. The molecule has 0 fully saturated rings. The first-order chi connectivity index (χ1) is 11.7. The molecule has 3 rings (SSSR count). The molecule has 0 unspecified atom stereocenters. The maximum atomic E-state index is 12.0. The molecular formula is C18H20N4OS. The van der Waals surface area contributed by atoms with Crippen LogP contribution in [-0.4, -0.2) is 32.7 Å². The Labute approximate surface area is 145 Å². The Morgan fingerprint density at radius 3 is 2.83 bits per heavy atom. The lowest BCUT2D eigenvalue weighted by atomic mass is 10.1. The highest BCUT2D eigenvalue weighted by molar-refractivity contribution is 8.00. The Hall–Kier alpha value is -2.34. The van der Waals surface area contributed by atoms with Crippen molar-refractivity contribution in [1.82, 2.24) is 20.3 Å². The summed E-state index contributed by atoms with van der Waals surface area (Å²) in [6.45, 7) is 4.05. The lowest BCUT2D eigenvalue weighted by molar-refractivity contribution is -0.119. The van der Waals surface area contributed by atoms with Gasteiger partial charge in [-0.1, -0.05) is 49.0 Å². The minimum Gasteiger partial charge on any atom is -0.357 e. The SMILES string of the molecule is CC[C@@H](C)NC(=O)CSc1ncnc2c(-c3ccccc3)c[nH]c12. The van der Waals surface area contributed by atoms with Crippen LogP contribution in [0.4, 0.5) is 0 Å². The summed E-state index contributed by atoms with van der Waals surface area (Å²) in [6.07, 6.45) is 4.42. The number of hydrogen-bond donors (Lipinski definition) is 2. The van der Waals surface area contributed by atoms with E-state index in [4.69, 9.17) is 0 Å². The van der Waals surface area contributed by atoms with E-state index in [0.717, 1.165) is 33.6 Å². The number of nitrogens with one attached hydrogen (secondary N) is 2. The molecule has 5 nitrogen and oxygen atoms in total. The lowest BCUT2D eigenvalue weighted by Crippen LogP contribution is -2.33. The van der Waals surface area contributed by atoms with Crippen molar-refractivity contribution < 1.29 is 4.79 Å². The van der Waals surface area contributed by atoms with Gasteiger partial charge < -0.3 is 10.3 Å². The Morgan fingerprint density at radius 2 is 2.08 bits per heavy atom. The van der Waals surface area contributed by atoms with Crippen LogP contribution in [0.15, 0.2) is 47.9 Å². The highest BCUT2D eigenvalue weighted by Gasteiger charge is 2.13. The normalized spacial score (nSPS) is 12.2. The fourth-order valence-electron chi connectivity index (χ4n) is 2.42. The van der Waals surface area contributed by atoms with E-state index in [1.807, 2.05) is 31.3 Å². The van der Waals surface area contributed by atoms with E-state index in [2.05, 4.69) is 39.3 Å². The fourth-order valence-corrected chi connectivity index (χ4v) is 3.19. The third kappa shape index (κ3) is 3.59. The predicted octanol–water partition coefficient (Wildman–Crippen LogP) is 3.63. The minimum atomic E-state index is 0.0240. The third-order valence-corrected chi connectivity index (χ3v) is 4.86. The Morgan fingerprint density at radius 1 is 1.29 bits per heavy atom. The van der Waals surface area contributed by atoms with Gasteiger partial charge in [0.25, 0.3) is 0 Å². The second kappa shape index (κ2) is 7.49. The summed E-state index contributed by atoms with van der Waals surface area (Å²) in [7, 11) is 0. The molecular weight excluding hydrogens is 320 g/mol. The summed E-state index contributed by atoms with van der Waals surface area (Å²) < 4.78 is 0. The zero-order chi connectivity index (χ0) is 16.9. The van der Waals surface area contributed by atoms with Crippen LogP contribution in [0.5, 0.6) is 0 Å². The summed E-state index contributed by atoms with van der Waals surface area (Å²) in [4.78, 5) is 24.0. The van der Waals surface area contributed by atoms with E-state index >= 15 is 0 Å². The highest BCUT2D eigenvalue weighted by Crippen LogP contribution is 2.31. The molecule has 0 bridgehead atoms. The monoisotopic (exact) mass is 340 g/mol. The van der Waals surface area contributed by atoms with Crippen molar-refractivity contribution in [3.8, 4) is 11.1 Å². The van der Waals surface area contributed by atoms with Gasteiger partial charge in [-0.05, 0) is 18.9 Å². The number of amides is 1. The molecule has 2 aromatic heterocycles. The van der Waals surface area contributed by atoms with E-state index < -0.39 is 0 Å². The average molecular weight is 340 g/mol. The quantitative estimate of drug-likeness (QED) is 0.531. The largest absolute Gasteiger partial charge is 0.357 e. The molecule has 0 aliphatic rings. The Bertz CT molecular complexity index is 831. The van der Waals surface area contributed by atoms with E-state index in [0.29, 0.717) is 5.75 Å². The number of thioether (sulfide) groups is 1. The molecule has 1 amide bonds. The minimum absolute atomic E-state index is 0.0240. The fraction of sp³-hybridized carbons (Fsp3) is 0.278. The van der Waals surface area contributed by atoms with E-state index in [1.54, 1.807) is 6.33 Å². The van der Waals surface area contributed by atoms with Gasteiger partial charge in [0.2, 0.25) is 5.91 Å². The van der Waals surface area contributed by atoms with Crippen molar-refractivity contribution >= 4 is 28.7 Å². The van der Waals surface area contributed by atoms with Crippen molar-refractivity contribution in [2.45, 2.75) is 31.3 Å². The topological polar surface area (TPSA) is 70.7 Å². The number of rotatable bonds is 6. The van der Waals surface area contributed by atoms with Gasteiger partial charge >= 0.3 is 0 Å². The molecule has 0 spiro atoms. The van der Waals surface area contributed by atoms with Gasteiger partial charge in [0.15, 0.2) is 0 Å². The first-order valence-corrected chi connectivity index (χ1v) is 8.97. The second-order valence-electron chi connectivity index (χ2n) is 5.64. The molecule has 6 heteroatoms. The van der Waals surface area contributed by atoms with Crippen molar-refractivity contribution in [2.24, 2.45) is 0 Å². The molecule has 1 aromatic carbocycles. The number of aromatic amines is 1. The number of aromatic nitrogens is 3. The van der Waals surface area contributed by atoms with Crippen molar-refractivity contribution in [2.75, 3.05) is 5.75 Å². The lowest BCUT2D eigenvalue weighted by Gasteiger charge is -2.10. The van der Waals surface area contributed by atoms with E-state index in [9.17, 15) is 4.79 Å². The number of nitrogens with zero attached hydrogens (tertiary/aromatic N) is 2. The number of fused-ring (bicyclic) bond motifs is 1. The van der Waals surface area contributed by atoms with E-state index in [-0.39, 0.29) is 11.9 Å². The van der Waals surface area contributed by atoms with Crippen molar-refractivity contribution in [3.05, 3.63) is 42.9 Å². The molecule has 3 aromatic rings. The highest BCUT2D eigenvalue weighted by atomic mass is 32.2. The average Bonchev–Trinajstić information content (AvgIpc) is 3.05. The molecule has 0 radical (unpaired) electrons. The number of carbonyl (C=O) groups is 1. The second-order valence-corrected chi connectivity index (χ2v) is 6.60. The summed E-state index contributed by atoms with van der Waals surface area (Å²) >= 11 is 1.42. The first-order valence-electron chi connectivity index (χ1n) is 7.98. The van der Waals surface area contributed by atoms with Crippen LogP contribution in [0, 0.1) is 0 Å². The Balaban J connectivity index is 1.81. The number of carbonyl (C=O) groups excluding carboxylic acids is 1. The van der Waals surface area contributed by atoms with Crippen LogP contribution in [0.2, 0.25) is 0 Å². The van der Waals surface area contributed by atoms with Gasteiger partial charge in [0, 0.05) is 17.8 Å². The molecule has 0 saturated carbocycles. The maximum Gasteiger partial charge on any atom is 0.230 e. The van der Waals surface area contributed by atoms with Crippen LogP contribution < -0.4 is 5.32 Å². The Kier molecular flexibility index (Phi) is 5.15. The number of hydrogen-bond acceptors (Lipinski definition) is 4. The molecule has 2 N–H and O–H groups in total. The van der Waals surface area contributed by atoms with Crippen LogP contribution >= 0.6 is 11.8 Å². The van der Waals surface area contributed by atoms with Gasteiger partial charge in [-0.25, -0.2) is 9.97 Å². The molecule has 24 heavy (non-hydrogen) atoms. The zero-order valence-electron chi connectivity index (χ0n) is 13.7. The summed E-state index contributed by atoms with van der Waals surface area (Å²) in [6, 6.07) is 10.3. The first kappa shape index (κ1) is 16.5. The summed E-state index contributed by atoms with van der Waals surface area (Å²) in [5.41, 5.74) is 3.89. The van der Waals surface area contributed by atoms with Crippen LogP contribution in [0.1, 0.15) is 20.3 Å². The van der Waals surface area contributed by atoms with Crippen LogP contribution in [-0.2, 0) is 4.79 Å². The van der Waals surface area contributed by atoms with Crippen LogP contribution in [0.25, 0.3) is 22.2 Å². The number of benzene rings is 1. The summed E-state index contributed by atoms with van der Waals surface area (Å²) in [5.74, 6) is 0.367. The zero-order valence-corrected chi connectivity index (χ0v) is 14.6. The van der Waals surface area contributed by atoms with Crippen LogP contribution in [0.3, 0.4) is 0 Å². The van der Waals surface area contributed by atoms with Gasteiger partial charge in [-0.3, -0.25) is 4.79 Å². The van der Waals surface area contributed by atoms with Crippen molar-refractivity contribution in [1.29, 1.82) is 0 Å². The van der Waals surface area contributed by atoms with Gasteiger partial charge in [0.1, 0.15) is 16.9 Å². The standard InChI is InChI=1S/C18H20N4OS/c1-3-12(2)22-15(23)10-24-18-17-16(20-11-21-18)14(9-19-17)13-7-5-4-6-8-13/h4-9,11-12,19H,3,10H2,1-2H3,(H,22,23)/t12-/m1/s1. The van der Waals surface area contributed by atoms with E-state index in [1.165, 1.54) is 11.8 Å². The number of H-pyrrole nitrogens is 1. The summed E-state index contributed by atoms with van der Waals surface area (Å²) in [5, 5.41) is 3.76. The van der Waals surface area contributed by atoms with Crippen molar-refractivity contribution in [3.63, 3.8) is 0 Å². The predicted molar refractivity (Wildman–Crippen MR) is 97.9 cm³/mol. The molecule has 0 aliphatic carbocycles.